The lowest BCUT2D eigenvalue weighted by atomic mass is 9.94. The van der Waals surface area contributed by atoms with Gasteiger partial charge in [0.15, 0.2) is 0 Å². The van der Waals surface area contributed by atoms with Crippen LogP contribution in [0.4, 0.5) is 5.69 Å². The zero-order valence-corrected chi connectivity index (χ0v) is 12.8. The quantitative estimate of drug-likeness (QED) is 0.919. The first-order valence-corrected chi connectivity index (χ1v) is 7.33. The molecule has 0 aliphatic carbocycles. The van der Waals surface area contributed by atoms with Crippen LogP contribution in [-0.4, -0.2) is 20.3 Å². The lowest BCUT2D eigenvalue weighted by molar-refractivity contribution is 0.397. The molecule has 0 fully saturated rings. The molecule has 1 heterocycles. The Morgan fingerprint density at radius 2 is 1.76 bits per heavy atom. The van der Waals surface area contributed by atoms with Gasteiger partial charge in [0.25, 0.3) is 0 Å². The first-order chi connectivity index (χ1) is 10.2. The summed E-state index contributed by atoms with van der Waals surface area (Å²) in [4.78, 5) is 0. The fourth-order valence-corrected chi connectivity index (χ4v) is 2.94. The van der Waals surface area contributed by atoms with Gasteiger partial charge >= 0.3 is 0 Å². The van der Waals surface area contributed by atoms with E-state index in [2.05, 4.69) is 30.4 Å². The molecule has 0 saturated carbocycles. The van der Waals surface area contributed by atoms with E-state index in [0.717, 1.165) is 29.0 Å². The van der Waals surface area contributed by atoms with E-state index in [4.69, 9.17) is 9.47 Å². The number of rotatable bonds is 3. The molecule has 1 atom stereocenters. The minimum Gasteiger partial charge on any atom is -0.496 e. The van der Waals surface area contributed by atoms with E-state index in [-0.39, 0.29) is 0 Å². The molecule has 2 aromatic rings. The number of benzene rings is 2. The van der Waals surface area contributed by atoms with Crippen molar-refractivity contribution in [3.05, 3.63) is 42.0 Å². The highest BCUT2D eigenvalue weighted by atomic mass is 16.5. The molecule has 2 aromatic carbocycles. The smallest absolute Gasteiger partial charge is 0.130 e. The Hall–Kier alpha value is -2.16. The normalized spacial score (nSPS) is 16.8. The van der Waals surface area contributed by atoms with Crippen molar-refractivity contribution < 1.29 is 9.47 Å². The van der Waals surface area contributed by atoms with Gasteiger partial charge < -0.3 is 14.8 Å². The van der Waals surface area contributed by atoms with Gasteiger partial charge in [-0.1, -0.05) is 12.1 Å². The molecular formula is C18H21NO2. The summed E-state index contributed by atoms with van der Waals surface area (Å²) in [7, 11) is 3.39. The third-order valence-corrected chi connectivity index (χ3v) is 4.07. The van der Waals surface area contributed by atoms with Crippen LogP contribution in [0, 0.1) is 0 Å². The van der Waals surface area contributed by atoms with E-state index >= 15 is 0 Å². The number of methoxy groups -OCH3 is 2. The largest absolute Gasteiger partial charge is 0.496 e. The van der Waals surface area contributed by atoms with Crippen molar-refractivity contribution in [3.8, 4) is 22.6 Å². The topological polar surface area (TPSA) is 30.5 Å². The van der Waals surface area contributed by atoms with E-state index in [0.29, 0.717) is 6.04 Å². The van der Waals surface area contributed by atoms with E-state index in [1.807, 2.05) is 18.2 Å². The Labute approximate surface area is 125 Å². The Kier molecular flexibility index (Phi) is 3.74. The van der Waals surface area contributed by atoms with Gasteiger partial charge in [-0.2, -0.15) is 0 Å². The summed E-state index contributed by atoms with van der Waals surface area (Å²) in [5, 5.41) is 3.53. The lowest BCUT2D eigenvalue weighted by Gasteiger charge is -2.25. The molecule has 3 rings (SSSR count). The Morgan fingerprint density at radius 1 is 1.05 bits per heavy atom. The molecule has 110 valence electrons. The summed E-state index contributed by atoms with van der Waals surface area (Å²) in [5.41, 5.74) is 4.76. The van der Waals surface area contributed by atoms with Crippen LogP contribution < -0.4 is 14.8 Å². The molecule has 21 heavy (non-hydrogen) atoms. The number of fused-ring (bicyclic) bond motifs is 1. The van der Waals surface area contributed by atoms with Crippen LogP contribution >= 0.6 is 0 Å². The molecular weight excluding hydrogens is 262 g/mol. The van der Waals surface area contributed by atoms with Crippen molar-refractivity contribution in [1.29, 1.82) is 0 Å². The number of anilines is 1. The van der Waals surface area contributed by atoms with Crippen molar-refractivity contribution in [2.24, 2.45) is 0 Å². The van der Waals surface area contributed by atoms with E-state index in [1.54, 1.807) is 14.2 Å². The van der Waals surface area contributed by atoms with Crippen LogP contribution in [0.2, 0.25) is 0 Å². The lowest BCUT2D eigenvalue weighted by Crippen LogP contribution is -2.21. The third-order valence-electron chi connectivity index (χ3n) is 4.07. The molecule has 0 aromatic heterocycles. The van der Waals surface area contributed by atoms with Crippen molar-refractivity contribution in [1.82, 2.24) is 0 Å². The molecule has 0 amide bonds. The maximum absolute atomic E-state index is 5.51. The maximum atomic E-state index is 5.51. The van der Waals surface area contributed by atoms with Crippen molar-refractivity contribution in [2.45, 2.75) is 25.8 Å². The highest BCUT2D eigenvalue weighted by molar-refractivity contribution is 5.79. The maximum Gasteiger partial charge on any atom is 0.130 e. The number of hydrogen-bond donors (Lipinski definition) is 1. The van der Waals surface area contributed by atoms with Crippen LogP contribution in [0.5, 0.6) is 11.5 Å². The summed E-state index contributed by atoms with van der Waals surface area (Å²) < 4.78 is 11.0. The van der Waals surface area contributed by atoms with Crippen molar-refractivity contribution in [2.75, 3.05) is 19.5 Å². The second kappa shape index (κ2) is 5.68. The van der Waals surface area contributed by atoms with Crippen molar-refractivity contribution in [3.63, 3.8) is 0 Å². The fraction of sp³-hybridized carbons (Fsp3) is 0.333. The molecule has 0 radical (unpaired) electrons. The van der Waals surface area contributed by atoms with Gasteiger partial charge in [-0.3, -0.25) is 0 Å². The molecule has 3 nitrogen and oxygen atoms in total. The fourth-order valence-electron chi connectivity index (χ4n) is 2.94. The van der Waals surface area contributed by atoms with Gasteiger partial charge in [-0.25, -0.2) is 0 Å². The molecule has 0 saturated heterocycles. The Bertz CT molecular complexity index is 629. The molecule has 1 aliphatic rings. The van der Waals surface area contributed by atoms with Crippen LogP contribution in [0.15, 0.2) is 36.4 Å². The molecule has 1 N–H and O–H groups in total. The molecule has 1 aliphatic heterocycles. The predicted molar refractivity (Wildman–Crippen MR) is 86.4 cm³/mol. The SMILES string of the molecule is COc1cccc(OC)c1-c1ccc2c(c1)CCC(C)N2. The van der Waals surface area contributed by atoms with Crippen LogP contribution in [0.1, 0.15) is 18.9 Å². The highest BCUT2D eigenvalue weighted by Crippen LogP contribution is 2.40. The summed E-state index contributed by atoms with van der Waals surface area (Å²) in [6.07, 6.45) is 2.27. The third kappa shape index (κ3) is 2.56. The average molecular weight is 283 g/mol. The minimum absolute atomic E-state index is 0.546. The first kappa shape index (κ1) is 13.8. The first-order valence-electron chi connectivity index (χ1n) is 7.33. The summed E-state index contributed by atoms with van der Waals surface area (Å²) in [6, 6.07) is 13.0. The standard InChI is InChI=1S/C18H21NO2/c1-12-7-8-13-11-14(9-10-15(13)19-12)18-16(20-2)5-4-6-17(18)21-3/h4-6,9-12,19H,7-8H2,1-3H3. The Morgan fingerprint density at radius 3 is 2.43 bits per heavy atom. The van der Waals surface area contributed by atoms with Gasteiger partial charge in [0.05, 0.1) is 19.8 Å². The van der Waals surface area contributed by atoms with Gasteiger partial charge in [0.1, 0.15) is 11.5 Å². The summed E-state index contributed by atoms with van der Waals surface area (Å²) in [5.74, 6) is 1.68. The van der Waals surface area contributed by atoms with Gasteiger partial charge in [-0.15, -0.1) is 0 Å². The minimum atomic E-state index is 0.546. The Balaban J connectivity index is 2.09. The molecule has 0 bridgehead atoms. The summed E-state index contributed by atoms with van der Waals surface area (Å²) >= 11 is 0. The zero-order chi connectivity index (χ0) is 14.8. The molecule has 1 unspecified atom stereocenters. The number of aryl methyl sites for hydroxylation is 1. The van der Waals surface area contributed by atoms with Crippen molar-refractivity contribution >= 4 is 5.69 Å². The van der Waals surface area contributed by atoms with Gasteiger partial charge in [0, 0.05) is 11.7 Å². The van der Waals surface area contributed by atoms with Crippen LogP contribution in [-0.2, 0) is 6.42 Å². The number of ether oxygens (including phenoxy) is 2. The monoisotopic (exact) mass is 283 g/mol. The second-order valence-electron chi connectivity index (χ2n) is 5.49. The van der Waals surface area contributed by atoms with E-state index in [1.165, 1.54) is 17.7 Å². The van der Waals surface area contributed by atoms with E-state index in [9.17, 15) is 0 Å². The van der Waals surface area contributed by atoms with Gasteiger partial charge in [0.2, 0.25) is 0 Å². The zero-order valence-electron chi connectivity index (χ0n) is 12.8. The van der Waals surface area contributed by atoms with E-state index < -0.39 is 0 Å². The summed E-state index contributed by atoms with van der Waals surface area (Å²) in [6.45, 7) is 2.22. The second-order valence-corrected chi connectivity index (χ2v) is 5.49. The molecule has 3 heteroatoms. The number of nitrogens with one attached hydrogen (secondary N) is 1. The number of hydrogen-bond acceptors (Lipinski definition) is 3. The van der Waals surface area contributed by atoms with Gasteiger partial charge in [-0.05, 0) is 55.2 Å². The predicted octanol–water partition coefficient (Wildman–Crippen LogP) is 4.12. The highest BCUT2D eigenvalue weighted by Gasteiger charge is 2.17. The molecule has 0 spiro atoms. The van der Waals surface area contributed by atoms with Crippen LogP contribution in [0.25, 0.3) is 11.1 Å². The average Bonchev–Trinajstić information content (AvgIpc) is 2.53. The van der Waals surface area contributed by atoms with Crippen LogP contribution in [0.3, 0.4) is 0 Å².